The fourth-order valence-electron chi connectivity index (χ4n) is 3.24. The van der Waals surface area contributed by atoms with Gasteiger partial charge in [0.2, 0.25) is 0 Å². The van der Waals surface area contributed by atoms with E-state index in [0.717, 1.165) is 11.3 Å². The fourth-order valence-corrected chi connectivity index (χ4v) is 3.43. The van der Waals surface area contributed by atoms with Gasteiger partial charge in [-0.1, -0.05) is 11.6 Å². The van der Waals surface area contributed by atoms with Crippen LogP contribution in [0.1, 0.15) is 15.9 Å². The molecular formula is C22H20ClN3O3. The first-order valence-corrected chi connectivity index (χ1v) is 9.68. The summed E-state index contributed by atoms with van der Waals surface area (Å²) < 4.78 is 7.52. The van der Waals surface area contributed by atoms with Crippen molar-refractivity contribution in [3.05, 3.63) is 83.1 Å². The number of hydrogen-bond acceptors (Lipinski definition) is 3. The smallest absolute Gasteiger partial charge is 0.260 e. The molecule has 2 heterocycles. The Bertz CT molecular complexity index is 1020. The second-order valence-electron chi connectivity index (χ2n) is 6.75. The van der Waals surface area contributed by atoms with Gasteiger partial charge in [-0.3, -0.25) is 9.59 Å². The number of hydrogen-bond donors (Lipinski definition) is 1. The Morgan fingerprint density at radius 2 is 1.86 bits per heavy atom. The Morgan fingerprint density at radius 3 is 2.62 bits per heavy atom. The summed E-state index contributed by atoms with van der Waals surface area (Å²) in [7, 11) is 0. The Morgan fingerprint density at radius 1 is 1.10 bits per heavy atom. The molecule has 1 N–H and O–H groups in total. The van der Waals surface area contributed by atoms with Crippen molar-refractivity contribution in [3.8, 4) is 11.4 Å². The first-order chi connectivity index (χ1) is 14.1. The van der Waals surface area contributed by atoms with Crippen molar-refractivity contribution in [1.82, 2.24) is 14.8 Å². The highest BCUT2D eigenvalue weighted by Gasteiger charge is 2.21. The normalized spacial score (nSPS) is 13.4. The molecule has 0 aliphatic carbocycles. The van der Waals surface area contributed by atoms with Crippen LogP contribution in [0, 0.1) is 0 Å². The molecule has 2 amide bonds. The van der Waals surface area contributed by atoms with Crippen LogP contribution in [0.2, 0.25) is 5.02 Å². The predicted octanol–water partition coefficient (Wildman–Crippen LogP) is 3.28. The van der Waals surface area contributed by atoms with Gasteiger partial charge in [0, 0.05) is 53.9 Å². The van der Waals surface area contributed by atoms with Gasteiger partial charge in [-0.15, -0.1) is 0 Å². The van der Waals surface area contributed by atoms with E-state index in [2.05, 4.69) is 5.32 Å². The van der Waals surface area contributed by atoms with Crippen LogP contribution in [-0.4, -0.2) is 41.0 Å². The number of ether oxygens (including phenoxy) is 1. The molecule has 3 aromatic rings. The molecule has 6 nitrogen and oxygen atoms in total. The number of rotatable bonds is 5. The Labute approximate surface area is 173 Å². The maximum Gasteiger partial charge on any atom is 0.260 e. The fraction of sp³-hybridized carbons (Fsp3) is 0.182. The van der Waals surface area contributed by atoms with E-state index < -0.39 is 0 Å². The van der Waals surface area contributed by atoms with Gasteiger partial charge in [0.25, 0.3) is 11.8 Å². The number of nitrogens with zero attached hydrogens (tertiary/aromatic N) is 2. The molecule has 7 heteroatoms. The lowest BCUT2D eigenvalue weighted by Gasteiger charge is -2.20. The van der Waals surface area contributed by atoms with E-state index in [0.29, 0.717) is 36.0 Å². The van der Waals surface area contributed by atoms with Gasteiger partial charge in [0.1, 0.15) is 5.75 Å². The van der Waals surface area contributed by atoms with E-state index >= 15 is 0 Å². The number of fused-ring (bicyclic) bond motifs is 1. The second kappa shape index (κ2) is 8.41. The maximum absolute atomic E-state index is 12.4. The number of aromatic nitrogens is 1. The van der Waals surface area contributed by atoms with Crippen molar-refractivity contribution in [1.29, 1.82) is 0 Å². The molecule has 1 aliphatic rings. The minimum absolute atomic E-state index is 0.0244. The third-order valence-electron chi connectivity index (χ3n) is 4.79. The first-order valence-electron chi connectivity index (χ1n) is 9.31. The van der Waals surface area contributed by atoms with Gasteiger partial charge in [-0.2, -0.15) is 0 Å². The number of halogens is 1. The van der Waals surface area contributed by atoms with Crippen molar-refractivity contribution in [2.75, 3.05) is 19.7 Å². The molecule has 148 valence electrons. The van der Waals surface area contributed by atoms with Crippen LogP contribution in [0.3, 0.4) is 0 Å². The molecule has 0 unspecified atom stereocenters. The molecule has 29 heavy (non-hydrogen) atoms. The van der Waals surface area contributed by atoms with Crippen LogP contribution >= 0.6 is 11.6 Å². The van der Waals surface area contributed by atoms with E-state index in [1.165, 1.54) is 0 Å². The highest BCUT2D eigenvalue weighted by atomic mass is 35.5. The zero-order valence-electron chi connectivity index (χ0n) is 15.7. The number of amides is 2. The molecule has 1 aromatic heterocycles. The zero-order chi connectivity index (χ0) is 20.2. The van der Waals surface area contributed by atoms with E-state index in [1.807, 2.05) is 41.2 Å². The van der Waals surface area contributed by atoms with Gasteiger partial charge < -0.3 is 19.5 Å². The predicted molar refractivity (Wildman–Crippen MR) is 110 cm³/mol. The lowest BCUT2D eigenvalue weighted by Crippen LogP contribution is -2.39. The Hall–Kier alpha value is -3.25. The minimum atomic E-state index is -0.175. The molecule has 0 saturated heterocycles. The lowest BCUT2D eigenvalue weighted by atomic mass is 10.2. The molecule has 0 spiro atoms. The monoisotopic (exact) mass is 409 g/mol. The van der Waals surface area contributed by atoms with Gasteiger partial charge in [-0.05, 0) is 54.6 Å². The summed E-state index contributed by atoms with van der Waals surface area (Å²) in [5, 5.41) is 3.47. The van der Waals surface area contributed by atoms with E-state index in [4.69, 9.17) is 16.3 Å². The summed E-state index contributed by atoms with van der Waals surface area (Å²) in [6.45, 7) is 1.11. The van der Waals surface area contributed by atoms with Crippen LogP contribution in [0.25, 0.3) is 5.69 Å². The van der Waals surface area contributed by atoms with Crippen LogP contribution < -0.4 is 10.1 Å². The van der Waals surface area contributed by atoms with Crippen LogP contribution in [0.15, 0.2) is 67.0 Å². The van der Waals surface area contributed by atoms with E-state index in [1.54, 1.807) is 35.2 Å². The summed E-state index contributed by atoms with van der Waals surface area (Å²) in [6.07, 6.45) is 3.89. The molecule has 1 aliphatic heterocycles. The number of benzene rings is 2. The lowest BCUT2D eigenvalue weighted by molar-refractivity contribution is -0.133. The molecular weight excluding hydrogens is 390 g/mol. The molecule has 0 fully saturated rings. The summed E-state index contributed by atoms with van der Waals surface area (Å²) in [5.41, 5.74) is 2.41. The van der Waals surface area contributed by atoms with Crippen molar-refractivity contribution in [2.45, 2.75) is 6.54 Å². The average molecular weight is 410 g/mol. The topological polar surface area (TPSA) is 63.6 Å². The summed E-state index contributed by atoms with van der Waals surface area (Å²) in [5.74, 6) is 0.366. The molecule has 4 rings (SSSR count). The third-order valence-corrected chi connectivity index (χ3v) is 5.02. The highest BCUT2D eigenvalue weighted by Crippen LogP contribution is 2.26. The van der Waals surface area contributed by atoms with Crippen molar-refractivity contribution in [3.63, 3.8) is 0 Å². The molecule has 0 atom stereocenters. The van der Waals surface area contributed by atoms with Gasteiger partial charge >= 0.3 is 0 Å². The largest absolute Gasteiger partial charge is 0.483 e. The van der Waals surface area contributed by atoms with Gasteiger partial charge in [0.15, 0.2) is 6.61 Å². The minimum Gasteiger partial charge on any atom is -0.483 e. The standard InChI is InChI=1S/C22H20ClN3O3/c23-18-5-8-20-17(13-18)14-26(21(27)15-29-20)12-9-24-22(28)16-3-6-19(7-4-16)25-10-1-2-11-25/h1-8,10-11,13H,9,12,14-15H2,(H,24,28). The van der Waals surface area contributed by atoms with Crippen LogP contribution in [-0.2, 0) is 11.3 Å². The zero-order valence-corrected chi connectivity index (χ0v) is 16.4. The van der Waals surface area contributed by atoms with Gasteiger partial charge in [0.05, 0.1) is 0 Å². The number of carbonyl (C=O) groups is 2. The summed E-state index contributed by atoms with van der Waals surface area (Å²) in [4.78, 5) is 26.4. The second-order valence-corrected chi connectivity index (χ2v) is 7.19. The highest BCUT2D eigenvalue weighted by molar-refractivity contribution is 6.30. The van der Waals surface area contributed by atoms with Crippen molar-refractivity contribution >= 4 is 23.4 Å². The Kier molecular flexibility index (Phi) is 5.53. The van der Waals surface area contributed by atoms with Crippen LogP contribution in [0.4, 0.5) is 0 Å². The Balaban J connectivity index is 1.34. The SMILES string of the molecule is O=C(NCCN1Cc2cc(Cl)ccc2OCC1=O)c1ccc(-n2cccc2)cc1. The average Bonchev–Trinajstić information content (AvgIpc) is 3.22. The molecule has 0 saturated carbocycles. The maximum atomic E-state index is 12.4. The van der Waals surface area contributed by atoms with Gasteiger partial charge in [-0.25, -0.2) is 0 Å². The quantitative estimate of drug-likeness (QED) is 0.703. The number of nitrogens with one attached hydrogen (secondary N) is 1. The summed E-state index contributed by atoms with van der Waals surface area (Å²) in [6, 6.07) is 16.6. The third kappa shape index (κ3) is 4.43. The van der Waals surface area contributed by atoms with Crippen molar-refractivity contribution < 1.29 is 14.3 Å². The molecule has 0 bridgehead atoms. The van der Waals surface area contributed by atoms with Crippen molar-refractivity contribution in [2.24, 2.45) is 0 Å². The van der Waals surface area contributed by atoms with E-state index in [9.17, 15) is 9.59 Å². The number of carbonyl (C=O) groups excluding carboxylic acids is 2. The molecule has 0 radical (unpaired) electrons. The molecule has 2 aromatic carbocycles. The van der Waals surface area contributed by atoms with Crippen LogP contribution in [0.5, 0.6) is 5.75 Å². The van der Waals surface area contributed by atoms with E-state index in [-0.39, 0.29) is 18.4 Å². The summed E-state index contributed by atoms with van der Waals surface area (Å²) >= 11 is 6.05. The first kappa shape index (κ1) is 19.1.